The van der Waals surface area contributed by atoms with E-state index in [0.717, 1.165) is 0 Å². The predicted octanol–water partition coefficient (Wildman–Crippen LogP) is 5.47. The lowest BCUT2D eigenvalue weighted by molar-refractivity contribution is -0.474. The van der Waals surface area contributed by atoms with Gasteiger partial charge in [0.25, 0.3) is 8.56 Å². The molecule has 25 heteroatoms. The summed E-state index contributed by atoms with van der Waals surface area (Å²) in [5.74, 6) is -77.1. The molecule has 3 nitrogen and oxygen atoms in total. The molecular weight excluding hydrogens is 613 g/mol. The Hall–Kier alpha value is -1.37. The standard InChI is InChI=1S/C12H10F21N3Si/c13-3(14,1-2-37(34,35)36)4(15,16)5(17,18)6(19,20)7(21,22)8(23,24)9(25,26)10(27,28)11(29,30)12(31,32)33/h1-2,34-36H2. The van der Waals surface area contributed by atoms with E-state index in [1.165, 1.54) is 0 Å². The van der Waals surface area contributed by atoms with Crippen LogP contribution in [0.4, 0.5) is 92.2 Å². The summed E-state index contributed by atoms with van der Waals surface area (Å²) in [4.78, 5) is 0. The van der Waals surface area contributed by atoms with Crippen LogP contribution in [0.15, 0.2) is 0 Å². The summed E-state index contributed by atoms with van der Waals surface area (Å²) in [6.07, 6.45) is -10.9. The van der Waals surface area contributed by atoms with Gasteiger partial charge in [-0.3, -0.25) is 0 Å². The molecule has 0 fully saturated rings. The van der Waals surface area contributed by atoms with Crippen molar-refractivity contribution in [1.82, 2.24) is 0 Å². The molecule has 224 valence electrons. The highest BCUT2D eigenvalue weighted by Gasteiger charge is 2.97. The number of alkyl halides is 21. The number of halogens is 21. The van der Waals surface area contributed by atoms with Crippen molar-refractivity contribution in [1.29, 1.82) is 0 Å². The van der Waals surface area contributed by atoms with Crippen molar-refractivity contribution in [2.24, 2.45) is 16.2 Å². The Morgan fingerprint density at radius 1 is 0.351 bits per heavy atom. The molecule has 6 N–H and O–H groups in total. The van der Waals surface area contributed by atoms with Gasteiger partial charge in [-0.2, -0.15) is 92.2 Å². The zero-order valence-electron chi connectivity index (χ0n) is 16.6. The third-order valence-electron chi connectivity index (χ3n) is 4.45. The Morgan fingerprint density at radius 2 is 0.568 bits per heavy atom. The molecule has 0 atom stereocenters. The van der Waals surface area contributed by atoms with E-state index in [9.17, 15) is 92.2 Å². The summed E-state index contributed by atoms with van der Waals surface area (Å²) >= 11 is 0. The van der Waals surface area contributed by atoms with E-state index in [1.807, 2.05) is 0 Å². The van der Waals surface area contributed by atoms with Gasteiger partial charge in [-0.05, 0) is 6.04 Å². The van der Waals surface area contributed by atoms with E-state index >= 15 is 0 Å². The SMILES string of the molecule is N[Si](N)(N)CCC(F)(F)C(F)(F)C(F)(F)C(F)(F)C(F)(F)C(F)(F)C(F)(F)C(F)(F)C(F)(F)C(F)(F)F. The fraction of sp³-hybridized carbons (Fsp3) is 1.00. The lowest BCUT2D eigenvalue weighted by Crippen LogP contribution is -2.77. The van der Waals surface area contributed by atoms with Crippen LogP contribution in [0.1, 0.15) is 6.42 Å². The largest absolute Gasteiger partial charge is 0.460 e. The van der Waals surface area contributed by atoms with Gasteiger partial charge in [0.15, 0.2) is 0 Å². The summed E-state index contributed by atoms with van der Waals surface area (Å²) in [5.41, 5.74) is 0. The number of rotatable bonds is 11. The Kier molecular flexibility index (Phi) is 8.49. The molecule has 0 aromatic carbocycles. The maximum Gasteiger partial charge on any atom is 0.460 e. The van der Waals surface area contributed by atoms with Crippen LogP contribution in [0.25, 0.3) is 0 Å². The van der Waals surface area contributed by atoms with E-state index in [4.69, 9.17) is 16.2 Å². The second-order valence-corrected chi connectivity index (χ2v) is 10.1. The highest BCUT2D eigenvalue weighted by molar-refractivity contribution is 6.70. The van der Waals surface area contributed by atoms with Crippen LogP contribution < -0.4 is 16.2 Å². The first-order valence-electron chi connectivity index (χ1n) is 8.29. The van der Waals surface area contributed by atoms with Crippen molar-refractivity contribution in [3.63, 3.8) is 0 Å². The topological polar surface area (TPSA) is 78.1 Å². The summed E-state index contributed by atoms with van der Waals surface area (Å²) in [5, 5.41) is 14.2. The molecule has 0 bridgehead atoms. The molecule has 0 aliphatic carbocycles. The maximum atomic E-state index is 13.6. The lowest BCUT2D eigenvalue weighted by atomic mass is 9.86. The van der Waals surface area contributed by atoms with E-state index in [2.05, 4.69) is 0 Å². The maximum absolute atomic E-state index is 13.6. The van der Waals surface area contributed by atoms with E-state index in [-0.39, 0.29) is 0 Å². The molecule has 37 heavy (non-hydrogen) atoms. The third-order valence-corrected chi connectivity index (χ3v) is 5.56. The van der Waals surface area contributed by atoms with Crippen molar-refractivity contribution in [2.45, 2.75) is 71.9 Å². The molecule has 0 spiro atoms. The second-order valence-electron chi connectivity index (χ2n) is 7.41. The van der Waals surface area contributed by atoms with E-state index in [0.29, 0.717) is 0 Å². The average Bonchev–Trinajstić information content (AvgIpc) is 2.63. The van der Waals surface area contributed by atoms with Gasteiger partial charge in [-0.1, -0.05) is 0 Å². The van der Waals surface area contributed by atoms with Gasteiger partial charge in [0.2, 0.25) is 0 Å². The van der Waals surface area contributed by atoms with Crippen LogP contribution in [0.5, 0.6) is 0 Å². The molecule has 0 saturated heterocycles. The van der Waals surface area contributed by atoms with Gasteiger partial charge >= 0.3 is 59.5 Å². The molecule has 0 rings (SSSR count). The van der Waals surface area contributed by atoms with Crippen molar-refractivity contribution in [3.8, 4) is 0 Å². The molecule has 0 saturated carbocycles. The fourth-order valence-electron chi connectivity index (χ4n) is 2.12. The first-order chi connectivity index (χ1) is 15.5. The monoisotopic (exact) mass is 623 g/mol. The summed E-state index contributed by atoms with van der Waals surface area (Å²) in [6.45, 7) is 0. The fourth-order valence-corrected chi connectivity index (χ4v) is 2.87. The first kappa shape index (κ1) is 35.6. The summed E-state index contributed by atoms with van der Waals surface area (Å²) in [7, 11) is -4.46. The summed E-state index contributed by atoms with van der Waals surface area (Å²) < 4.78 is 276. The minimum absolute atomic E-state index is 1.82. The second kappa shape index (κ2) is 8.82. The van der Waals surface area contributed by atoms with Crippen LogP contribution in [0.3, 0.4) is 0 Å². The normalized spacial score (nSPS) is 16.9. The molecule has 0 heterocycles. The van der Waals surface area contributed by atoms with Crippen molar-refractivity contribution in [2.75, 3.05) is 0 Å². The van der Waals surface area contributed by atoms with Gasteiger partial charge in [0, 0.05) is 6.42 Å². The van der Waals surface area contributed by atoms with Crippen molar-refractivity contribution >= 4 is 8.56 Å². The van der Waals surface area contributed by atoms with Crippen molar-refractivity contribution in [3.05, 3.63) is 0 Å². The van der Waals surface area contributed by atoms with Gasteiger partial charge in [0.05, 0.1) is 0 Å². The van der Waals surface area contributed by atoms with Crippen LogP contribution in [0.2, 0.25) is 6.04 Å². The van der Waals surface area contributed by atoms with Crippen LogP contribution in [-0.4, -0.2) is 68.0 Å². The highest BCUT2D eigenvalue weighted by atomic mass is 28.4. The number of hydrogen-bond donors (Lipinski definition) is 3. The molecule has 0 aromatic heterocycles. The first-order valence-corrected chi connectivity index (χ1v) is 10.7. The van der Waals surface area contributed by atoms with Gasteiger partial charge in [0.1, 0.15) is 0 Å². The number of hydrogen-bond acceptors (Lipinski definition) is 3. The van der Waals surface area contributed by atoms with Crippen LogP contribution in [-0.2, 0) is 0 Å². The third kappa shape index (κ3) is 4.91. The summed E-state index contributed by atoms with van der Waals surface area (Å²) in [6, 6.07) is -1.82. The van der Waals surface area contributed by atoms with Crippen LogP contribution >= 0.6 is 0 Å². The van der Waals surface area contributed by atoms with Crippen molar-refractivity contribution < 1.29 is 92.2 Å². The molecule has 0 aliphatic heterocycles. The highest BCUT2D eigenvalue weighted by Crippen LogP contribution is 2.66. The Bertz CT molecular complexity index is 826. The van der Waals surface area contributed by atoms with Gasteiger partial charge < -0.3 is 16.2 Å². The minimum atomic E-state index is -9.19. The minimum Gasteiger partial charge on any atom is -0.327 e. The smallest absolute Gasteiger partial charge is 0.327 e. The predicted molar refractivity (Wildman–Crippen MR) is 78.3 cm³/mol. The zero-order chi connectivity index (χ0) is 30.9. The van der Waals surface area contributed by atoms with E-state index < -0.39 is 80.5 Å². The molecule has 0 aliphatic rings. The molecule has 0 radical (unpaired) electrons. The molecular formula is C12H10F21N3Si. The lowest BCUT2D eigenvalue weighted by Gasteiger charge is -2.44. The van der Waals surface area contributed by atoms with E-state index in [1.54, 1.807) is 0 Å². The Labute approximate surface area is 190 Å². The Balaban J connectivity index is 6.95. The number of nitrogens with two attached hydrogens (primary N) is 3. The quantitative estimate of drug-likeness (QED) is 0.211. The molecule has 0 amide bonds. The molecule has 0 unspecified atom stereocenters. The Morgan fingerprint density at radius 3 is 0.784 bits per heavy atom. The zero-order valence-corrected chi connectivity index (χ0v) is 17.6. The average molecular weight is 623 g/mol. The molecule has 0 aromatic rings. The van der Waals surface area contributed by atoms with Gasteiger partial charge in [-0.25, -0.2) is 0 Å². The van der Waals surface area contributed by atoms with Gasteiger partial charge in [-0.15, -0.1) is 0 Å². The van der Waals surface area contributed by atoms with Crippen LogP contribution in [0, 0.1) is 0 Å².